The standard InChI is InChI=1S/C10H19NO2S2/c1-4-13-9(12)10-14-6-8(7-15-10)5-11(2)3/h8,10H,4-7H2,1-3H3. The number of carbonyl (C=O) groups excluding carboxylic acids is 1. The summed E-state index contributed by atoms with van der Waals surface area (Å²) < 4.78 is 5.01. The summed E-state index contributed by atoms with van der Waals surface area (Å²) in [5, 5.41) is 0. The molecule has 0 atom stereocenters. The topological polar surface area (TPSA) is 29.5 Å². The van der Waals surface area contributed by atoms with E-state index in [1.807, 2.05) is 6.92 Å². The molecule has 0 aromatic rings. The summed E-state index contributed by atoms with van der Waals surface area (Å²) in [5.74, 6) is 2.76. The Balaban J connectivity index is 2.26. The van der Waals surface area contributed by atoms with Crippen molar-refractivity contribution in [1.29, 1.82) is 0 Å². The fourth-order valence-electron chi connectivity index (χ4n) is 1.51. The summed E-state index contributed by atoms with van der Waals surface area (Å²) in [6.07, 6.45) is 0. The highest BCUT2D eigenvalue weighted by Crippen LogP contribution is 2.34. The number of thioether (sulfide) groups is 2. The first-order valence-electron chi connectivity index (χ1n) is 5.18. The van der Waals surface area contributed by atoms with Gasteiger partial charge in [0.25, 0.3) is 0 Å². The molecule has 0 aromatic heterocycles. The lowest BCUT2D eigenvalue weighted by Crippen LogP contribution is -2.31. The van der Waals surface area contributed by atoms with Crippen molar-refractivity contribution in [3.63, 3.8) is 0 Å². The quantitative estimate of drug-likeness (QED) is 0.705. The van der Waals surface area contributed by atoms with Crippen LogP contribution in [0.15, 0.2) is 0 Å². The maximum Gasteiger partial charge on any atom is 0.329 e. The van der Waals surface area contributed by atoms with Crippen molar-refractivity contribution in [2.24, 2.45) is 5.92 Å². The average molecular weight is 249 g/mol. The van der Waals surface area contributed by atoms with Crippen LogP contribution in [0.4, 0.5) is 0 Å². The van der Waals surface area contributed by atoms with Crippen molar-refractivity contribution in [3.8, 4) is 0 Å². The van der Waals surface area contributed by atoms with Crippen molar-refractivity contribution in [2.45, 2.75) is 11.5 Å². The molecule has 0 bridgehead atoms. The van der Waals surface area contributed by atoms with Crippen molar-refractivity contribution < 1.29 is 9.53 Å². The molecule has 88 valence electrons. The van der Waals surface area contributed by atoms with Gasteiger partial charge in [0.1, 0.15) is 4.58 Å². The molecule has 15 heavy (non-hydrogen) atoms. The summed E-state index contributed by atoms with van der Waals surface area (Å²) >= 11 is 3.45. The molecule has 0 saturated carbocycles. The highest BCUT2D eigenvalue weighted by molar-refractivity contribution is 8.18. The van der Waals surface area contributed by atoms with Gasteiger partial charge in [0.05, 0.1) is 6.61 Å². The third-order valence-corrected chi connectivity index (χ3v) is 5.20. The van der Waals surface area contributed by atoms with Crippen LogP contribution in [-0.2, 0) is 9.53 Å². The van der Waals surface area contributed by atoms with Gasteiger partial charge in [-0.1, -0.05) is 0 Å². The van der Waals surface area contributed by atoms with Crippen LogP contribution in [0.3, 0.4) is 0 Å². The summed E-state index contributed by atoms with van der Waals surface area (Å²) in [7, 11) is 4.18. The lowest BCUT2D eigenvalue weighted by molar-refractivity contribution is -0.140. The van der Waals surface area contributed by atoms with Crippen LogP contribution in [0, 0.1) is 5.92 Å². The highest BCUT2D eigenvalue weighted by Gasteiger charge is 2.28. The maximum absolute atomic E-state index is 11.5. The average Bonchev–Trinajstić information content (AvgIpc) is 2.18. The van der Waals surface area contributed by atoms with E-state index in [0.717, 1.165) is 18.1 Å². The predicted octanol–water partition coefficient (Wildman–Crippen LogP) is 1.53. The molecule has 1 aliphatic heterocycles. The highest BCUT2D eigenvalue weighted by atomic mass is 32.2. The molecule has 0 radical (unpaired) electrons. The van der Waals surface area contributed by atoms with Gasteiger partial charge in [-0.15, -0.1) is 23.5 Å². The second-order valence-electron chi connectivity index (χ2n) is 3.88. The first kappa shape index (κ1) is 13.2. The number of hydrogen-bond acceptors (Lipinski definition) is 5. The summed E-state index contributed by atoms with van der Waals surface area (Å²) in [4.78, 5) is 13.7. The van der Waals surface area contributed by atoms with E-state index in [1.165, 1.54) is 0 Å². The molecule has 1 aliphatic rings. The first-order valence-corrected chi connectivity index (χ1v) is 7.27. The number of hydrogen-bond donors (Lipinski definition) is 0. The van der Waals surface area contributed by atoms with Gasteiger partial charge in [0.15, 0.2) is 0 Å². The van der Waals surface area contributed by atoms with Crippen LogP contribution in [0.1, 0.15) is 6.92 Å². The third-order valence-electron chi connectivity index (χ3n) is 2.07. The van der Waals surface area contributed by atoms with Crippen LogP contribution in [0.25, 0.3) is 0 Å². The molecular weight excluding hydrogens is 230 g/mol. The van der Waals surface area contributed by atoms with Gasteiger partial charge < -0.3 is 9.64 Å². The molecule has 0 aliphatic carbocycles. The molecule has 1 fully saturated rings. The molecule has 5 heteroatoms. The van der Waals surface area contributed by atoms with Gasteiger partial charge in [-0.3, -0.25) is 0 Å². The van der Waals surface area contributed by atoms with Crippen molar-refractivity contribution in [2.75, 3.05) is 38.8 Å². The number of carbonyl (C=O) groups is 1. The fourth-order valence-corrected chi connectivity index (χ4v) is 4.27. The Morgan fingerprint density at radius 1 is 1.40 bits per heavy atom. The monoisotopic (exact) mass is 249 g/mol. The molecule has 1 heterocycles. The van der Waals surface area contributed by atoms with Crippen LogP contribution in [0.2, 0.25) is 0 Å². The summed E-state index contributed by atoms with van der Waals surface area (Å²) in [6.45, 7) is 3.44. The van der Waals surface area contributed by atoms with Crippen LogP contribution in [-0.4, -0.2) is 54.2 Å². The normalized spacial score (nSPS) is 26.7. The lowest BCUT2D eigenvalue weighted by Gasteiger charge is -2.28. The van der Waals surface area contributed by atoms with E-state index < -0.39 is 0 Å². The second-order valence-corrected chi connectivity index (χ2v) is 6.45. The minimum Gasteiger partial charge on any atom is -0.465 e. The van der Waals surface area contributed by atoms with Crippen LogP contribution >= 0.6 is 23.5 Å². The molecule has 0 N–H and O–H groups in total. The minimum atomic E-state index is -0.0594. The van der Waals surface area contributed by atoms with Gasteiger partial charge in [-0.05, 0) is 38.4 Å². The first-order chi connectivity index (χ1) is 7.13. The van der Waals surface area contributed by atoms with E-state index in [-0.39, 0.29) is 10.6 Å². The Labute approximate surface area is 100 Å². The Morgan fingerprint density at radius 2 is 2.00 bits per heavy atom. The fraction of sp³-hybridized carbons (Fsp3) is 0.900. The number of ether oxygens (including phenoxy) is 1. The smallest absolute Gasteiger partial charge is 0.329 e. The minimum absolute atomic E-state index is 0.00311. The van der Waals surface area contributed by atoms with Crippen LogP contribution < -0.4 is 0 Å². The van der Waals surface area contributed by atoms with Crippen molar-refractivity contribution in [3.05, 3.63) is 0 Å². The number of rotatable bonds is 4. The number of nitrogens with zero attached hydrogens (tertiary/aromatic N) is 1. The molecule has 0 amide bonds. The van der Waals surface area contributed by atoms with E-state index in [9.17, 15) is 4.79 Å². The van der Waals surface area contributed by atoms with E-state index in [2.05, 4.69) is 19.0 Å². The van der Waals surface area contributed by atoms with E-state index in [0.29, 0.717) is 12.5 Å². The molecule has 3 nitrogen and oxygen atoms in total. The summed E-state index contributed by atoms with van der Waals surface area (Å²) in [5.41, 5.74) is 0. The molecule has 1 rings (SSSR count). The zero-order chi connectivity index (χ0) is 11.3. The second kappa shape index (κ2) is 6.66. The van der Waals surface area contributed by atoms with Crippen molar-refractivity contribution >= 4 is 29.5 Å². The van der Waals surface area contributed by atoms with Crippen molar-refractivity contribution in [1.82, 2.24) is 4.90 Å². The molecule has 0 spiro atoms. The Bertz CT molecular complexity index is 204. The predicted molar refractivity (Wildman–Crippen MR) is 67.4 cm³/mol. The van der Waals surface area contributed by atoms with E-state index >= 15 is 0 Å². The third kappa shape index (κ3) is 4.66. The Hall–Kier alpha value is 0.130. The SMILES string of the molecule is CCOC(=O)C1SCC(CN(C)C)CS1. The zero-order valence-electron chi connectivity index (χ0n) is 9.56. The van der Waals surface area contributed by atoms with Gasteiger partial charge in [0.2, 0.25) is 0 Å². The lowest BCUT2D eigenvalue weighted by atomic mass is 10.2. The Kier molecular flexibility index (Phi) is 5.86. The zero-order valence-corrected chi connectivity index (χ0v) is 11.2. The van der Waals surface area contributed by atoms with Gasteiger partial charge >= 0.3 is 5.97 Å². The van der Waals surface area contributed by atoms with E-state index in [4.69, 9.17) is 4.74 Å². The van der Waals surface area contributed by atoms with Gasteiger partial charge in [-0.2, -0.15) is 0 Å². The maximum atomic E-state index is 11.5. The molecule has 0 aromatic carbocycles. The van der Waals surface area contributed by atoms with Gasteiger partial charge in [0, 0.05) is 6.54 Å². The van der Waals surface area contributed by atoms with Gasteiger partial charge in [-0.25, -0.2) is 4.79 Å². The molecule has 0 unspecified atom stereocenters. The largest absolute Gasteiger partial charge is 0.465 e. The Morgan fingerprint density at radius 3 is 2.47 bits per heavy atom. The van der Waals surface area contributed by atoms with Crippen LogP contribution in [0.5, 0.6) is 0 Å². The van der Waals surface area contributed by atoms with E-state index in [1.54, 1.807) is 23.5 Å². The molecular formula is C10H19NO2S2. The number of esters is 1. The summed E-state index contributed by atoms with van der Waals surface area (Å²) in [6, 6.07) is 0. The molecule has 1 saturated heterocycles.